The molecule has 1 fully saturated rings. The number of likely N-dealkylation sites (N-methyl/N-ethyl adjacent to an activating group) is 2. The summed E-state index contributed by atoms with van der Waals surface area (Å²) >= 11 is 0. The second-order valence-corrected chi connectivity index (χ2v) is 6.12. The van der Waals surface area contributed by atoms with E-state index in [0.29, 0.717) is 0 Å². The fourth-order valence-electron chi connectivity index (χ4n) is 3.02. The zero-order chi connectivity index (χ0) is 15.2. The van der Waals surface area contributed by atoms with Crippen molar-refractivity contribution in [3.63, 3.8) is 0 Å². The highest BCUT2D eigenvalue weighted by Gasteiger charge is 2.26. The molecule has 0 saturated carbocycles. The van der Waals surface area contributed by atoms with Crippen LogP contribution in [0.4, 0.5) is 0 Å². The molecular weight excluding hydrogens is 264 g/mol. The molecule has 1 N–H and O–H groups in total. The van der Waals surface area contributed by atoms with Gasteiger partial charge in [-0.25, -0.2) is 0 Å². The summed E-state index contributed by atoms with van der Waals surface area (Å²) in [5, 5.41) is 10.6. The molecule has 0 aromatic heterocycles. The molecule has 1 aromatic carbocycles. The van der Waals surface area contributed by atoms with Crippen LogP contribution < -0.4 is 4.74 Å². The minimum Gasteiger partial charge on any atom is -0.497 e. The second-order valence-electron chi connectivity index (χ2n) is 6.12. The topological polar surface area (TPSA) is 35.9 Å². The van der Waals surface area contributed by atoms with Crippen LogP contribution in [0.15, 0.2) is 24.3 Å². The molecule has 1 aromatic rings. The molecule has 0 amide bonds. The number of aliphatic hydroxyl groups excluding tert-OH is 1. The minimum atomic E-state index is -0.280. The van der Waals surface area contributed by atoms with E-state index in [2.05, 4.69) is 36.0 Å². The molecule has 1 saturated heterocycles. The van der Waals surface area contributed by atoms with Crippen molar-refractivity contribution in [2.45, 2.75) is 31.4 Å². The van der Waals surface area contributed by atoms with Crippen molar-refractivity contribution >= 4 is 0 Å². The second kappa shape index (κ2) is 7.78. The lowest BCUT2D eigenvalue weighted by Gasteiger charge is -2.31. The van der Waals surface area contributed by atoms with E-state index in [1.165, 1.54) is 12.0 Å². The molecule has 1 aliphatic heterocycles. The third-order valence-electron chi connectivity index (χ3n) is 4.45. The summed E-state index contributed by atoms with van der Waals surface area (Å²) in [5.41, 5.74) is 1.25. The Bertz CT molecular complexity index is 421. The first-order chi connectivity index (χ1) is 10.1. The summed E-state index contributed by atoms with van der Waals surface area (Å²) in [7, 11) is 5.94. The summed E-state index contributed by atoms with van der Waals surface area (Å²) in [4.78, 5) is 4.63. The fraction of sp³-hybridized carbons (Fsp3) is 0.647. The van der Waals surface area contributed by atoms with Gasteiger partial charge in [-0.15, -0.1) is 0 Å². The van der Waals surface area contributed by atoms with Gasteiger partial charge in [0.15, 0.2) is 0 Å². The van der Waals surface area contributed by atoms with E-state index in [-0.39, 0.29) is 12.1 Å². The molecule has 2 rings (SSSR count). The number of nitrogens with zero attached hydrogens (tertiary/aromatic N) is 2. The zero-order valence-electron chi connectivity index (χ0n) is 13.5. The van der Waals surface area contributed by atoms with Gasteiger partial charge in [0, 0.05) is 12.6 Å². The van der Waals surface area contributed by atoms with Crippen molar-refractivity contribution < 1.29 is 9.84 Å². The van der Waals surface area contributed by atoms with Crippen molar-refractivity contribution in [2.24, 2.45) is 0 Å². The Labute approximate surface area is 128 Å². The maximum absolute atomic E-state index is 10.6. The Morgan fingerprint density at radius 1 is 1.24 bits per heavy atom. The van der Waals surface area contributed by atoms with Crippen LogP contribution in [0.25, 0.3) is 0 Å². The summed E-state index contributed by atoms with van der Waals surface area (Å²) in [6.45, 7) is 3.13. The first kappa shape index (κ1) is 16.3. The van der Waals surface area contributed by atoms with Crippen LogP contribution in [0.1, 0.15) is 18.4 Å². The molecule has 118 valence electrons. The van der Waals surface area contributed by atoms with Gasteiger partial charge in [0.25, 0.3) is 0 Å². The van der Waals surface area contributed by atoms with Crippen LogP contribution in [0.2, 0.25) is 0 Å². The van der Waals surface area contributed by atoms with E-state index in [4.69, 9.17) is 4.74 Å². The average molecular weight is 292 g/mol. The average Bonchev–Trinajstić information content (AvgIpc) is 2.66. The molecule has 2 atom stereocenters. The van der Waals surface area contributed by atoms with Gasteiger partial charge in [0.2, 0.25) is 0 Å². The molecule has 4 nitrogen and oxygen atoms in total. The molecule has 0 bridgehead atoms. The van der Waals surface area contributed by atoms with Gasteiger partial charge in [-0.1, -0.05) is 12.1 Å². The summed E-state index contributed by atoms with van der Waals surface area (Å²) in [6, 6.07) is 8.35. The number of methoxy groups -OCH3 is 1. The summed E-state index contributed by atoms with van der Waals surface area (Å²) in [6.07, 6.45) is 2.60. The summed E-state index contributed by atoms with van der Waals surface area (Å²) in [5.74, 6) is 0.879. The lowest BCUT2D eigenvalue weighted by atomic mass is 10.0. The largest absolute Gasteiger partial charge is 0.497 e. The van der Waals surface area contributed by atoms with Crippen molar-refractivity contribution in [1.82, 2.24) is 9.80 Å². The van der Waals surface area contributed by atoms with Crippen LogP contribution in [-0.4, -0.2) is 67.9 Å². The summed E-state index contributed by atoms with van der Waals surface area (Å²) < 4.78 is 5.17. The predicted octanol–water partition coefficient (Wildman–Crippen LogP) is 1.62. The smallest absolute Gasteiger partial charge is 0.118 e. The highest BCUT2D eigenvalue weighted by molar-refractivity contribution is 5.27. The molecule has 1 heterocycles. The molecular formula is C17H28N2O2. The van der Waals surface area contributed by atoms with E-state index in [1.54, 1.807) is 7.11 Å². The normalized spacial score (nSPS) is 22.8. The lowest BCUT2D eigenvalue weighted by molar-refractivity contribution is 0.0522. The highest BCUT2D eigenvalue weighted by Crippen LogP contribution is 2.17. The number of benzene rings is 1. The molecule has 0 radical (unpaired) electrons. The molecule has 1 aliphatic rings. The molecule has 21 heavy (non-hydrogen) atoms. The van der Waals surface area contributed by atoms with Crippen LogP contribution in [0, 0.1) is 0 Å². The van der Waals surface area contributed by atoms with E-state index in [1.807, 2.05) is 12.1 Å². The van der Waals surface area contributed by atoms with Gasteiger partial charge in [-0.05, 0) is 64.1 Å². The third-order valence-corrected chi connectivity index (χ3v) is 4.45. The Balaban J connectivity index is 1.88. The van der Waals surface area contributed by atoms with Crippen molar-refractivity contribution in [2.75, 3.05) is 40.8 Å². The first-order valence-corrected chi connectivity index (χ1v) is 7.80. The van der Waals surface area contributed by atoms with E-state index in [9.17, 15) is 5.11 Å². The lowest BCUT2D eigenvalue weighted by Crippen LogP contribution is -2.46. The van der Waals surface area contributed by atoms with Crippen molar-refractivity contribution in [1.29, 1.82) is 0 Å². The van der Waals surface area contributed by atoms with Gasteiger partial charge < -0.3 is 14.7 Å². The number of aryl methyl sites for hydroxylation is 1. The SMILES string of the molecule is COc1ccc(CCC(O)C2CN(C)CCCN2C)cc1. The third kappa shape index (κ3) is 4.70. The van der Waals surface area contributed by atoms with Crippen LogP contribution in [0.3, 0.4) is 0 Å². The molecule has 0 spiro atoms. The zero-order valence-corrected chi connectivity index (χ0v) is 13.5. The van der Waals surface area contributed by atoms with Gasteiger partial charge in [0.05, 0.1) is 13.2 Å². The van der Waals surface area contributed by atoms with E-state index in [0.717, 1.165) is 38.2 Å². The Morgan fingerprint density at radius 2 is 1.95 bits per heavy atom. The monoisotopic (exact) mass is 292 g/mol. The fourth-order valence-corrected chi connectivity index (χ4v) is 3.02. The minimum absolute atomic E-state index is 0.232. The number of ether oxygens (including phenoxy) is 1. The van der Waals surface area contributed by atoms with Gasteiger partial charge in [0.1, 0.15) is 5.75 Å². The molecule has 4 heteroatoms. The Morgan fingerprint density at radius 3 is 2.62 bits per heavy atom. The Kier molecular flexibility index (Phi) is 6.03. The quantitative estimate of drug-likeness (QED) is 0.895. The first-order valence-electron chi connectivity index (χ1n) is 7.80. The number of aliphatic hydroxyl groups is 1. The number of hydrogen-bond acceptors (Lipinski definition) is 4. The van der Waals surface area contributed by atoms with Crippen LogP contribution >= 0.6 is 0 Å². The van der Waals surface area contributed by atoms with Gasteiger partial charge in [-0.2, -0.15) is 0 Å². The Hall–Kier alpha value is -1.10. The maximum atomic E-state index is 10.6. The van der Waals surface area contributed by atoms with Crippen LogP contribution in [0.5, 0.6) is 5.75 Å². The highest BCUT2D eigenvalue weighted by atomic mass is 16.5. The maximum Gasteiger partial charge on any atom is 0.118 e. The van der Waals surface area contributed by atoms with E-state index < -0.39 is 0 Å². The molecule has 0 aliphatic carbocycles. The van der Waals surface area contributed by atoms with Gasteiger partial charge >= 0.3 is 0 Å². The van der Waals surface area contributed by atoms with E-state index >= 15 is 0 Å². The van der Waals surface area contributed by atoms with Crippen molar-refractivity contribution in [3.05, 3.63) is 29.8 Å². The van der Waals surface area contributed by atoms with Gasteiger partial charge in [-0.3, -0.25) is 4.90 Å². The van der Waals surface area contributed by atoms with Crippen molar-refractivity contribution in [3.8, 4) is 5.75 Å². The standard InChI is InChI=1S/C17H28N2O2/c1-18-11-4-12-19(2)16(13-18)17(20)10-7-14-5-8-15(21-3)9-6-14/h5-6,8-9,16-17,20H,4,7,10-13H2,1-3H3. The van der Waals surface area contributed by atoms with Crippen LogP contribution in [-0.2, 0) is 6.42 Å². The number of rotatable bonds is 5. The molecule has 2 unspecified atom stereocenters. The predicted molar refractivity (Wildman–Crippen MR) is 85.9 cm³/mol. The number of hydrogen-bond donors (Lipinski definition) is 1.